The highest BCUT2D eigenvalue weighted by Gasteiger charge is 2.34. The molecule has 0 atom stereocenters. The number of carbonyl (C=O) groups is 1. The van der Waals surface area contributed by atoms with Gasteiger partial charge >= 0.3 is 5.97 Å². The molecular formula is C19H22O2. The minimum atomic E-state index is -0.275. The number of esters is 1. The lowest BCUT2D eigenvalue weighted by atomic mass is 9.72. The van der Waals surface area contributed by atoms with Crippen molar-refractivity contribution in [1.82, 2.24) is 0 Å². The van der Waals surface area contributed by atoms with Gasteiger partial charge in [-0.1, -0.05) is 74.0 Å². The summed E-state index contributed by atoms with van der Waals surface area (Å²) in [5.41, 5.74) is 2.11. The first-order chi connectivity index (χ1) is 10.2. The first-order valence-corrected chi connectivity index (χ1v) is 7.43. The Bertz CT molecular complexity index is 521. The predicted octanol–water partition coefficient (Wildman–Crippen LogP) is 4.34. The van der Waals surface area contributed by atoms with E-state index in [2.05, 4.69) is 31.2 Å². The molecular weight excluding hydrogens is 260 g/mol. The fourth-order valence-electron chi connectivity index (χ4n) is 2.86. The summed E-state index contributed by atoms with van der Waals surface area (Å²) in [4.78, 5) is 11.3. The Morgan fingerprint density at radius 1 is 0.952 bits per heavy atom. The minimum absolute atomic E-state index is 0.234. The van der Waals surface area contributed by atoms with E-state index in [9.17, 15) is 4.79 Å². The molecule has 0 spiro atoms. The molecule has 0 heterocycles. The second-order valence-corrected chi connectivity index (χ2v) is 5.34. The Balaban J connectivity index is 2.51. The van der Waals surface area contributed by atoms with Crippen molar-refractivity contribution in [3.8, 4) is 0 Å². The summed E-state index contributed by atoms with van der Waals surface area (Å²) < 4.78 is 5.43. The molecule has 0 aliphatic carbocycles. The molecule has 2 aromatic carbocycles. The van der Waals surface area contributed by atoms with Crippen LogP contribution in [0, 0.1) is 0 Å². The molecule has 0 amide bonds. The topological polar surface area (TPSA) is 26.3 Å². The fourth-order valence-corrected chi connectivity index (χ4v) is 2.86. The average Bonchev–Trinajstić information content (AvgIpc) is 2.53. The van der Waals surface area contributed by atoms with Crippen molar-refractivity contribution >= 4 is 5.97 Å². The van der Waals surface area contributed by atoms with Gasteiger partial charge in [-0.15, -0.1) is 0 Å². The number of hydrogen-bond donors (Lipinski definition) is 0. The van der Waals surface area contributed by atoms with Gasteiger partial charge < -0.3 is 4.74 Å². The van der Waals surface area contributed by atoms with Crippen molar-refractivity contribution in [3.63, 3.8) is 0 Å². The van der Waals surface area contributed by atoms with E-state index >= 15 is 0 Å². The zero-order valence-electron chi connectivity index (χ0n) is 12.7. The van der Waals surface area contributed by atoms with Crippen LogP contribution >= 0.6 is 0 Å². The SMILES string of the molecule is CCCC(COC(C)=O)(c1ccccc1)c1ccccc1. The van der Waals surface area contributed by atoms with Crippen LogP contribution in [0.5, 0.6) is 0 Å². The third-order valence-electron chi connectivity index (χ3n) is 3.85. The summed E-state index contributed by atoms with van der Waals surface area (Å²) in [6.45, 7) is 4.01. The maximum Gasteiger partial charge on any atom is 0.302 e. The van der Waals surface area contributed by atoms with Crippen molar-refractivity contribution in [1.29, 1.82) is 0 Å². The smallest absolute Gasteiger partial charge is 0.302 e. The van der Waals surface area contributed by atoms with E-state index in [1.165, 1.54) is 18.1 Å². The van der Waals surface area contributed by atoms with Crippen LogP contribution in [-0.2, 0) is 14.9 Å². The second kappa shape index (κ2) is 7.07. The third kappa shape index (κ3) is 3.52. The van der Waals surface area contributed by atoms with Gasteiger partial charge in [-0.3, -0.25) is 4.79 Å². The molecule has 0 aliphatic rings. The molecule has 0 unspecified atom stereocenters. The first-order valence-electron chi connectivity index (χ1n) is 7.43. The van der Waals surface area contributed by atoms with Gasteiger partial charge in [0.2, 0.25) is 0 Å². The van der Waals surface area contributed by atoms with Crippen LogP contribution in [0.4, 0.5) is 0 Å². The van der Waals surface area contributed by atoms with E-state index < -0.39 is 0 Å². The molecule has 0 aliphatic heterocycles. The van der Waals surface area contributed by atoms with Crippen molar-refractivity contribution in [2.24, 2.45) is 0 Å². The monoisotopic (exact) mass is 282 g/mol. The fraction of sp³-hybridized carbons (Fsp3) is 0.316. The maximum atomic E-state index is 11.3. The van der Waals surface area contributed by atoms with Crippen LogP contribution in [0.25, 0.3) is 0 Å². The summed E-state index contributed by atoms with van der Waals surface area (Å²) in [7, 11) is 0. The molecule has 2 heteroatoms. The summed E-state index contributed by atoms with van der Waals surface area (Å²) in [5.74, 6) is -0.234. The van der Waals surface area contributed by atoms with Crippen molar-refractivity contribution in [2.45, 2.75) is 32.1 Å². The quantitative estimate of drug-likeness (QED) is 0.737. The number of benzene rings is 2. The molecule has 0 fully saturated rings. The molecule has 2 aromatic rings. The van der Waals surface area contributed by atoms with Gasteiger partial charge in [-0.25, -0.2) is 0 Å². The highest BCUT2D eigenvalue weighted by Crippen LogP contribution is 2.37. The number of rotatable bonds is 6. The summed E-state index contributed by atoms with van der Waals surface area (Å²) in [6.07, 6.45) is 1.96. The normalized spacial score (nSPS) is 11.1. The maximum absolute atomic E-state index is 11.3. The lowest BCUT2D eigenvalue weighted by molar-refractivity contribution is -0.142. The van der Waals surface area contributed by atoms with Crippen LogP contribution in [0.1, 0.15) is 37.8 Å². The predicted molar refractivity (Wildman–Crippen MR) is 85.2 cm³/mol. The molecule has 21 heavy (non-hydrogen) atoms. The van der Waals surface area contributed by atoms with Crippen LogP contribution in [-0.4, -0.2) is 12.6 Å². The Morgan fingerprint density at radius 3 is 1.81 bits per heavy atom. The standard InChI is InChI=1S/C19H22O2/c1-3-14-19(15-21-16(2)20,17-10-6-4-7-11-17)18-12-8-5-9-13-18/h4-13H,3,14-15H2,1-2H3. The van der Waals surface area contributed by atoms with E-state index in [-0.39, 0.29) is 11.4 Å². The largest absolute Gasteiger partial charge is 0.465 e. The van der Waals surface area contributed by atoms with Gasteiger partial charge in [0, 0.05) is 6.92 Å². The van der Waals surface area contributed by atoms with Crippen LogP contribution in [0.2, 0.25) is 0 Å². The number of carbonyl (C=O) groups excluding carboxylic acids is 1. The molecule has 0 radical (unpaired) electrons. The van der Waals surface area contributed by atoms with E-state index in [0.29, 0.717) is 6.61 Å². The van der Waals surface area contributed by atoms with Crippen LogP contribution < -0.4 is 0 Å². The zero-order valence-corrected chi connectivity index (χ0v) is 12.7. The highest BCUT2D eigenvalue weighted by atomic mass is 16.5. The van der Waals surface area contributed by atoms with Gasteiger partial charge in [-0.2, -0.15) is 0 Å². The average molecular weight is 282 g/mol. The Morgan fingerprint density at radius 2 is 1.43 bits per heavy atom. The summed E-state index contributed by atoms with van der Waals surface area (Å²) in [6, 6.07) is 20.6. The number of hydrogen-bond acceptors (Lipinski definition) is 2. The molecule has 0 saturated carbocycles. The van der Waals surface area contributed by atoms with Crippen molar-refractivity contribution < 1.29 is 9.53 Å². The Kier molecular flexibility index (Phi) is 5.15. The Hall–Kier alpha value is -2.09. The van der Waals surface area contributed by atoms with Gasteiger partial charge in [0.15, 0.2) is 0 Å². The van der Waals surface area contributed by atoms with Crippen molar-refractivity contribution in [2.75, 3.05) is 6.61 Å². The zero-order chi connectivity index (χ0) is 15.1. The summed E-state index contributed by atoms with van der Waals surface area (Å²) >= 11 is 0. The van der Waals surface area contributed by atoms with Gasteiger partial charge in [-0.05, 0) is 17.5 Å². The van der Waals surface area contributed by atoms with Crippen LogP contribution in [0.15, 0.2) is 60.7 Å². The Labute approximate surface area is 126 Å². The van der Waals surface area contributed by atoms with Gasteiger partial charge in [0.1, 0.15) is 6.61 Å². The number of ether oxygens (including phenoxy) is 1. The molecule has 0 saturated heterocycles. The lowest BCUT2D eigenvalue weighted by Crippen LogP contribution is -2.34. The van der Waals surface area contributed by atoms with E-state index in [1.807, 2.05) is 36.4 Å². The lowest BCUT2D eigenvalue weighted by Gasteiger charge is -2.34. The van der Waals surface area contributed by atoms with Crippen molar-refractivity contribution in [3.05, 3.63) is 71.8 Å². The molecule has 0 aromatic heterocycles. The molecule has 2 rings (SSSR count). The van der Waals surface area contributed by atoms with E-state index in [1.54, 1.807) is 0 Å². The minimum Gasteiger partial charge on any atom is -0.465 e. The van der Waals surface area contributed by atoms with E-state index in [0.717, 1.165) is 12.8 Å². The third-order valence-corrected chi connectivity index (χ3v) is 3.85. The second-order valence-electron chi connectivity index (χ2n) is 5.34. The highest BCUT2D eigenvalue weighted by molar-refractivity contribution is 5.66. The first kappa shape index (κ1) is 15.3. The summed E-state index contributed by atoms with van der Waals surface area (Å²) in [5, 5.41) is 0. The molecule has 0 bridgehead atoms. The van der Waals surface area contributed by atoms with Gasteiger partial charge in [0.25, 0.3) is 0 Å². The van der Waals surface area contributed by atoms with Crippen LogP contribution in [0.3, 0.4) is 0 Å². The molecule has 110 valence electrons. The molecule has 0 N–H and O–H groups in total. The molecule has 2 nitrogen and oxygen atoms in total. The van der Waals surface area contributed by atoms with E-state index in [4.69, 9.17) is 4.74 Å². The van der Waals surface area contributed by atoms with Gasteiger partial charge in [0.05, 0.1) is 5.41 Å².